The molecule has 0 fully saturated rings. The smallest absolute Gasteiger partial charge is 0.406 e. The number of likely N-dealkylation sites (N-methyl/N-ethyl adjacent to an activating group) is 1. The number of anilines is 2. The number of ether oxygens (including phenoxy) is 1. The van der Waals surface area contributed by atoms with Crippen molar-refractivity contribution in [3.63, 3.8) is 0 Å². The summed E-state index contributed by atoms with van der Waals surface area (Å²) in [5.74, 6) is -0.0512. The monoisotopic (exact) mass is 477 g/mol. The molecule has 0 saturated heterocycles. The summed E-state index contributed by atoms with van der Waals surface area (Å²) in [4.78, 5) is 27.6. The van der Waals surface area contributed by atoms with Crippen LogP contribution >= 0.6 is 0 Å². The fourth-order valence-corrected chi connectivity index (χ4v) is 3.57. The second-order valence-corrected chi connectivity index (χ2v) is 7.52. The molecule has 0 aliphatic carbocycles. The number of pyridine rings is 1. The number of halogens is 3. The minimum absolute atomic E-state index is 0.262. The molecule has 8 nitrogen and oxygen atoms in total. The number of aryl methyl sites for hydroxylation is 1. The molecule has 1 aliphatic heterocycles. The molecule has 182 valence electrons. The molecule has 4 rings (SSSR count). The molecule has 1 aliphatic rings. The maximum Gasteiger partial charge on any atom is 0.573 e. The summed E-state index contributed by atoms with van der Waals surface area (Å²) < 4.78 is 43.8. The molecule has 2 aromatic heterocycles. The van der Waals surface area contributed by atoms with Gasteiger partial charge < -0.3 is 19.5 Å². The van der Waals surface area contributed by atoms with Crippen molar-refractivity contribution in [2.75, 3.05) is 18.9 Å². The largest absolute Gasteiger partial charge is 0.573 e. The Balaban J connectivity index is 0.00000158. The van der Waals surface area contributed by atoms with E-state index in [4.69, 9.17) is 0 Å². The fourth-order valence-electron chi connectivity index (χ4n) is 3.57. The molecular formula is C23H26F3N5O3. The molecule has 0 saturated carbocycles. The number of nitrogens with zero attached hydrogens (tertiary/aromatic N) is 4. The van der Waals surface area contributed by atoms with Crippen LogP contribution in [0.5, 0.6) is 5.75 Å². The van der Waals surface area contributed by atoms with Crippen LogP contribution in [-0.2, 0) is 20.0 Å². The average molecular weight is 477 g/mol. The van der Waals surface area contributed by atoms with Gasteiger partial charge in [-0.3, -0.25) is 9.59 Å². The SMILES string of the molecule is CC.CN1CCc2c(Nc3cccn(C)c3=O)nn(-c3ccc(OC(F)(F)F)cc3)c(=O)c2C1. The van der Waals surface area contributed by atoms with E-state index in [9.17, 15) is 22.8 Å². The summed E-state index contributed by atoms with van der Waals surface area (Å²) in [7, 11) is 3.51. The van der Waals surface area contributed by atoms with Gasteiger partial charge in [0.15, 0.2) is 5.82 Å². The quantitative estimate of drug-likeness (QED) is 0.619. The highest BCUT2D eigenvalue weighted by molar-refractivity contribution is 5.60. The third-order valence-electron chi connectivity index (χ3n) is 5.16. The number of alkyl halides is 3. The molecule has 0 unspecified atom stereocenters. The highest BCUT2D eigenvalue weighted by atomic mass is 19.4. The topological polar surface area (TPSA) is 81.4 Å². The van der Waals surface area contributed by atoms with E-state index in [0.717, 1.165) is 16.8 Å². The van der Waals surface area contributed by atoms with Gasteiger partial charge in [-0.25, -0.2) is 0 Å². The van der Waals surface area contributed by atoms with E-state index in [2.05, 4.69) is 15.2 Å². The highest BCUT2D eigenvalue weighted by Crippen LogP contribution is 2.26. The minimum atomic E-state index is -4.81. The van der Waals surface area contributed by atoms with Crippen LogP contribution in [0.2, 0.25) is 0 Å². The molecular weight excluding hydrogens is 451 g/mol. The molecule has 0 atom stereocenters. The van der Waals surface area contributed by atoms with Crippen LogP contribution in [0.1, 0.15) is 25.0 Å². The Labute approximate surface area is 194 Å². The Morgan fingerprint density at radius 2 is 1.68 bits per heavy atom. The van der Waals surface area contributed by atoms with Crippen LogP contribution < -0.4 is 21.2 Å². The second kappa shape index (κ2) is 10.1. The molecule has 1 N–H and O–H groups in total. The maximum atomic E-state index is 13.2. The van der Waals surface area contributed by atoms with Crippen molar-refractivity contribution in [2.24, 2.45) is 7.05 Å². The number of benzene rings is 1. The zero-order valence-electron chi connectivity index (χ0n) is 19.3. The summed E-state index contributed by atoms with van der Waals surface area (Å²) in [6.45, 7) is 5.09. The van der Waals surface area contributed by atoms with Gasteiger partial charge in [-0.15, -0.1) is 18.3 Å². The Morgan fingerprint density at radius 3 is 2.32 bits per heavy atom. The molecule has 34 heavy (non-hydrogen) atoms. The van der Waals surface area contributed by atoms with Crippen LogP contribution in [0.3, 0.4) is 0 Å². The van der Waals surface area contributed by atoms with Crippen LogP contribution in [0.25, 0.3) is 5.69 Å². The first kappa shape index (κ1) is 25.0. The van der Waals surface area contributed by atoms with E-state index in [1.165, 1.54) is 16.7 Å². The predicted octanol–water partition coefficient (Wildman–Crippen LogP) is 3.59. The van der Waals surface area contributed by atoms with Crippen molar-refractivity contribution in [2.45, 2.75) is 33.2 Å². The lowest BCUT2D eigenvalue weighted by molar-refractivity contribution is -0.274. The normalized spacial score (nSPS) is 13.5. The zero-order chi connectivity index (χ0) is 25.0. The molecule has 11 heteroatoms. The number of fused-ring (bicyclic) bond motifs is 1. The van der Waals surface area contributed by atoms with Crippen molar-refractivity contribution < 1.29 is 17.9 Å². The molecule has 0 spiro atoms. The van der Waals surface area contributed by atoms with Crippen LogP contribution in [0, 0.1) is 0 Å². The summed E-state index contributed by atoms with van der Waals surface area (Å²) in [6, 6.07) is 8.19. The first-order valence-electron chi connectivity index (χ1n) is 10.7. The van der Waals surface area contributed by atoms with Gasteiger partial charge >= 0.3 is 6.36 Å². The number of rotatable bonds is 4. The van der Waals surface area contributed by atoms with Gasteiger partial charge in [0.25, 0.3) is 11.1 Å². The predicted molar refractivity (Wildman–Crippen MR) is 123 cm³/mol. The van der Waals surface area contributed by atoms with Crippen molar-refractivity contribution in [3.05, 3.63) is 74.4 Å². The lowest BCUT2D eigenvalue weighted by atomic mass is 10.0. The van der Waals surface area contributed by atoms with Gasteiger partial charge in [0, 0.05) is 37.5 Å². The van der Waals surface area contributed by atoms with E-state index < -0.39 is 12.1 Å². The molecule has 3 heterocycles. The van der Waals surface area contributed by atoms with Crippen LogP contribution in [0.4, 0.5) is 24.7 Å². The van der Waals surface area contributed by atoms with Crippen LogP contribution in [0.15, 0.2) is 52.2 Å². The van der Waals surface area contributed by atoms with Gasteiger partial charge in [0.05, 0.1) is 5.69 Å². The summed E-state index contributed by atoms with van der Waals surface area (Å²) in [5, 5.41) is 7.45. The first-order valence-corrected chi connectivity index (χ1v) is 10.7. The van der Waals surface area contributed by atoms with Gasteiger partial charge in [-0.1, -0.05) is 13.8 Å². The number of nitrogens with one attached hydrogen (secondary N) is 1. The third-order valence-corrected chi connectivity index (χ3v) is 5.16. The van der Waals surface area contributed by atoms with Crippen molar-refractivity contribution >= 4 is 11.5 Å². The molecule has 1 aromatic carbocycles. The second-order valence-electron chi connectivity index (χ2n) is 7.52. The zero-order valence-corrected chi connectivity index (χ0v) is 19.3. The van der Waals surface area contributed by atoms with E-state index in [0.29, 0.717) is 42.1 Å². The summed E-state index contributed by atoms with van der Waals surface area (Å²) in [6.07, 6.45) is -2.63. The van der Waals surface area contributed by atoms with E-state index in [1.54, 1.807) is 25.4 Å². The molecule has 3 aromatic rings. The third kappa shape index (κ3) is 5.48. The van der Waals surface area contributed by atoms with Crippen LogP contribution in [-0.4, -0.2) is 39.2 Å². The van der Waals surface area contributed by atoms with Gasteiger partial charge in [-0.2, -0.15) is 4.68 Å². The highest BCUT2D eigenvalue weighted by Gasteiger charge is 2.31. The Bertz CT molecular complexity index is 1270. The van der Waals surface area contributed by atoms with E-state index >= 15 is 0 Å². The van der Waals surface area contributed by atoms with E-state index in [1.807, 2.05) is 25.8 Å². The molecule has 0 radical (unpaired) electrons. The molecule has 0 amide bonds. The Kier molecular flexibility index (Phi) is 7.45. The lowest BCUT2D eigenvalue weighted by Crippen LogP contribution is -2.36. The Hall–Kier alpha value is -3.60. The average Bonchev–Trinajstić information content (AvgIpc) is 2.79. The fraction of sp³-hybridized carbons (Fsp3) is 0.348. The summed E-state index contributed by atoms with van der Waals surface area (Å²) in [5.41, 5.74) is 1.16. The molecule has 0 bridgehead atoms. The van der Waals surface area contributed by atoms with Crippen molar-refractivity contribution in [1.29, 1.82) is 0 Å². The first-order chi connectivity index (χ1) is 16.1. The minimum Gasteiger partial charge on any atom is -0.406 e. The van der Waals surface area contributed by atoms with Gasteiger partial charge in [-0.05, 0) is 49.9 Å². The van der Waals surface area contributed by atoms with Gasteiger partial charge in [0.1, 0.15) is 11.4 Å². The van der Waals surface area contributed by atoms with Crippen molar-refractivity contribution in [3.8, 4) is 11.4 Å². The Morgan fingerprint density at radius 1 is 1.00 bits per heavy atom. The number of aromatic nitrogens is 3. The number of hydrogen-bond acceptors (Lipinski definition) is 6. The van der Waals surface area contributed by atoms with E-state index in [-0.39, 0.29) is 16.8 Å². The number of hydrogen-bond donors (Lipinski definition) is 1. The van der Waals surface area contributed by atoms with Crippen molar-refractivity contribution in [1.82, 2.24) is 19.2 Å². The maximum absolute atomic E-state index is 13.2. The van der Waals surface area contributed by atoms with Gasteiger partial charge in [0.2, 0.25) is 0 Å². The standard InChI is InChI=1S/C21H20F3N5O3.C2H6/c1-27-11-9-15-16(12-27)19(30)29(13-5-7-14(8-6-13)32-21(22,23)24)26-18(15)25-17-4-3-10-28(2)20(17)31;1-2/h3-8,10H,9,11-12H2,1-2H3,(H,25,26);1-2H3. The lowest BCUT2D eigenvalue weighted by Gasteiger charge is -2.26. The summed E-state index contributed by atoms with van der Waals surface area (Å²) >= 11 is 0.